The number of benzene rings is 3. The average molecular weight is 443 g/mol. The van der Waals surface area contributed by atoms with E-state index in [0.29, 0.717) is 34.9 Å². The Morgan fingerprint density at radius 2 is 1.58 bits per heavy atom. The van der Waals surface area contributed by atoms with Gasteiger partial charge in [0.1, 0.15) is 17.3 Å². The summed E-state index contributed by atoms with van der Waals surface area (Å²) in [5.41, 5.74) is 2.62. The van der Waals surface area contributed by atoms with E-state index < -0.39 is 17.7 Å². The third kappa shape index (κ3) is 4.07. The van der Waals surface area contributed by atoms with Gasteiger partial charge in [0.25, 0.3) is 11.7 Å². The summed E-state index contributed by atoms with van der Waals surface area (Å²) in [6, 6.07) is 20.5. The molecule has 0 spiro atoms. The van der Waals surface area contributed by atoms with Crippen LogP contribution < -0.4 is 14.4 Å². The molecule has 0 aromatic heterocycles. The van der Waals surface area contributed by atoms with Gasteiger partial charge in [-0.25, -0.2) is 0 Å². The highest BCUT2D eigenvalue weighted by Gasteiger charge is 2.47. The molecule has 3 aromatic rings. The van der Waals surface area contributed by atoms with E-state index in [4.69, 9.17) is 9.47 Å². The molecule has 0 radical (unpaired) electrons. The van der Waals surface area contributed by atoms with Crippen LogP contribution in [0.25, 0.3) is 5.76 Å². The Labute approximate surface area is 192 Å². The predicted octanol–water partition coefficient (Wildman–Crippen LogP) is 5.03. The largest absolute Gasteiger partial charge is 0.507 e. The summed E-state index contributed by atoms with van der Waals surface area (Å²) in [6.07, 6.45) is 0. The van der Waals surface area contributed by atoms with E-state index in [-0.39, 0.29) is 11.3 Å². The molecule has 1 amide bonds. The van der Waals surface area contributed by atoms with Gasteiger partial charge in [0.15, 0.2) is 0 Å². The number of nitrogens with zero attached hydrogens (tertiary/aromatic N) is 1. The first-order valence-corrected chi connectivity index (χ1v) is 10.7. The number of hydrogen-bond donors (Lipinski definition) is 1. The number of aliphatic hydroxyl groups is 1. The highest BCUT2D eigenvalue weighted by Crippen LogP contribution is 2.43. The molecule has 0 saturated carbocycles. The van der Waals surface area contributed by atoms with Gasteiger partial charge in [0.2, 0.25) is 0 Å². The number of para-hydroxylation sites is 1. The number of aryl methyl sites for hydroxylation is 1. The molecule has 33 heavy (non-hydrogen) atoms. The van der Waals surface area contributed by atoms with Gasteiger partial charge in [-0.3, -0.25) is 14.5 Å². The first-order valence-electron chi connectivity index (χ1n) is 10.7. The lowest BCUT2D eigenvalue weighted by Gasteiger charge is -2.27. The molecule has 1 fully saturated rings. The van der Waals surface area contributed by atoms with Crippen molar-refractivity contribution in [2.24, 2.45) is 0 Å². The molecule has 1 atom stereocenters. The van der Waals surface area contributed by atoms with E-state index in [9.17, 15) is 14.7 Å². The molecule has 1 aliphatic rings. The van der Waals surface area contributed by atoms with Crippen molar-refractivity contribution < 1.29 is 24.2 Å². The van der Waals surface area contributed by atoms with E-state index in [1.807, 2.05) is 44.2 Å². The number of Topliss-reactive ketones (excluding diaryl/α,β-unsaturated/α-hetero) is 1. The van der Waals surface area contributed by atoms with Crippen molar-refractivity contribution in [3.8, 4) is 11.5 Å². The number of anilines is 1. The summed E-state index contributed by atoms with van der Waals surface area (Å²) >= 11 is 0. The Bertz CT molecular complexity index is 1210. The summed E-state index contributed by atoms with van der Waals surface area (Å²) in [4.78, 5) is 27.9. The molecule has 1 N–H and O–H groups in total. The van der Waals surface area contributed by atoms with Crippen LogP contribution in [0.1, 0.15) is 29.7 Å². The van der Waals surface area contributed by atoms with Gasteiger partial charge in [-0.05, 0) is 67.4 Å². The van der Waals surface area contributed by atoms with E-state index >= 15 is 0 Å². The van der Waals surface area contributed by atoms with E-state index in [1.54, 1.807) is 49.6 Å². The van der Waals surface area contributed by atoms with Crippen LogP contribution in [-0.4, -0.2) is 30.5 Å². The van der Waals surface area contributed by atoms with Crippen molar-refractivity contribution in [3.05, 3.63) is 95.1 Å². The average Bonchev–Trinajstić information content (AvgIpc) is 3.10. The minimum Gasteiger partial charge on any atom is -0.507 e. The Morgan fingerprint density at radius 3 is 2.18 bits per heavy atom. The van der Waals surface area contributed by atoms with Gasteiger partial charge in [0.05, 0.1) is 25.3 Å². The molecule has 0 aliphatic carbocycles. The summed E-state index contributed by atoms with van der Waals surface area (Å²) < 4.78 is 10.7. The number of ketones is 1. The maximum atomic E-state index is 13.2. The fourth-order valence-electron chi connectivity index (χ4n) is 4.05. The Morgan fingerprint density at radius 1 is 0.939 bits per heavy atom. The van der Waals surface area contributed by atoms with Gasteiger partial charge < -0.3 is 14.6 Å². The third-order valence-electron chi connectivity index (χ3n) is 5.69. The summed E-state index contributed by atoms with van der Waals surface area (Å²) in [7, 11) is 1.55. The molecule has 168 valence electrons. The Hall–Kier alpha value is -4.06. The van der Waals surface area contributed by atoms with Gasteiger partial charge in [-0.2, -0.15) is 0 Å². The van der Waals surface area contributed by atoms with Crippen LogP contribution in [0, 0.1) is 6.92 Å². The molecular weight excluding hydrogens is 418 g/mol. The van der Waals surface area contributed by atoms with Crippen LogP contribution in [0.4, 0.5) is 5.69 Å². The van der Waals surface area contributed by atoms with Crippen LogP contribution in [0.3, 0.4) is 0 Å². The molecule has 1 unspecified atom stereocenters. The van der Waals surface area contributed by atoms with E-state index in [0.717, 1.165) is 5.56 Å². The molecule has 0 bridgehead atoms. The fourth-order valence-corrected chi connectivity index (χ4v) is 4.05. The van der Waals surface area contributed by atoms with Crippen LogP contribution >= 0.6 is 0 Å². The topological polar surface area (TPSA) is 76.1 Å². The molecule has 6 heteroatoms. The van der Waals surface area contributed by atoms with Crippen molar-refractivity contribution in [3.63, 3.8) is 0 Å². The number of carbonyl (C=O) groups excluding carboxylic acids is 2. The van der Waals surface area contributed by atoms with Crippen LogP contribution in [0.2, 0.25) is 0 Å². The molecule has 3 aromatic carbocycles. The van der Waals surface area contributed by atoms with Crippen molar-refractivity contribution in [1.29, 1.82) is 0 Å². The van der Waals surface area contributed by atoms with Crippen LogP contribution in [0.5, 0.6) is 11.5 Å². The van der Waals surface area contributed by atoms with Crippen molar-refractivity contribution in [2.75, 3.05) is 18.6 Å². The maximum absolute atomic E-state index is 13.2. The van der Waals surface area contributed by atoms with E-state index in [2.05, 4.69) is 0 Å². The van der Waals surface area contributed by atoms with E-state index in [1.165, 1.54) is 4.90 Å². The smallest absolute Gasteiger partial charge is 0.300 e. The second kappa shape index (κ2) is 9.20. The normalized spacial score (nSPS) is 17.3. The zero-order chi connectivity index (χ0) is 23.5. The second-order valence-corrected chi connectivity index (χ2v) is 7.69. The number of methoxy groups -OCH3 is 1. The zero-order valence-corrected chi connectivity index (χ0v) is 18.7. The van der Waals surface area contributed by atoms with Crippen molar-refractivity contribution in [1.82, 2.24) is 0 Å². The number of amides is 1. The van der Waals surface area contributed by atoms with Crippen molar-refractivity contribution in [2.45, 2.75) is 19.9 Å². The summed E-state index contributed by atoms with van der Waals surface area (Å²) in [5, 5.41) is 11.2. The third-order valence-corrected chi connectivity index (χ3v) is 5.69. The molecule has 6 nitrogen and oxygen atoms in total. The minimum absolute atomic E-state index is 0.0394. The number of hydrogen-bond acceptors (Lipinski definition) is 5. The lowest BCUT2D eigenvalue weighted by molar-refractivity contribution is -0.132. The molecule has 1 aliphatic heterocycles. The lowest BCUT2D eigenvalue weighted by atomic mass is 9.95. The highest BCUT2D eigenvalue weighted by atomic mass is 16.5. The quantitative estimate of drug-likeness (QED) is 0.329. The van der Waals surface area contributed by atoms with Gasteiger partial charge >= 0.3 is 0 Å². The Kier molecular flexibility index (Phi) is 6.18. The zero-order valence-electron chi connectivity index (χ0n) is 18.7. The summed E-state index contributed by atoms with van der Waals surface area (Å²) in [5.74, 6) is -0.339. The predicted molar refractivity (Wildman–Crippen MR) is 127 cm³/mol. The SMILES string of the molecule is CCOc1ccc(C2/C(=C(\O)c3ccc(OC)cc3)C(=O)C(=O)N2c2ccccc2C)cc1. The fraction of sp³-hybridized carbons (Fsp3) is 0.185. The number of ether oxygens (including phenoxy) is 2. The maximum Gasteiger partial charge on any atom is 0.300 e. The van der Waals surface area contributed by atoms with Crippen LogP contribution in [-0.2, 0) is 9.59 Å². The molecule has 1 heterocycles. The highest BCUT2D eigenvalue weighted by molar-refractivity contribution is 6.51. The molecule has 1 saturated heterocycles. The van der Waals surface area contributed by atoms with Gasteiger partial charge in [0, 0.05) is 11.3 Å². The number of aliphatic hydroxyl groups excluding tert-OH is 1. The first-order chi connectivity index (χ1) is 16.0. The first kappa shape index (κ1) is 22.1. The van der Waals surface area contributed by atoms with Crippen molar-refractivity contribution >= 4 is 23.1 Å². The number of carbonyl (C=O) groups is 2. The second-order valence-electron chi connectivity index (χ2n) is 7.69. The number of rotatable bonds is 6. The summed E-state index contributed by atoms with van der Waals surface area (Å²) in [6.45, 7) is 4.31. The minimum atomic E-state index is -0.788. The standard InChI is InChI=1S/C27H25NO5/c1-4-33-21-15-9-18(10-16-21)24-23(25(29)19-11-13-20(32-3)14-12-19)26(30)27(31)28(24)22-8-6-5-7-17(22)2/h5-16,24,29H,4H2,1-3H3/b25-23+. The lowest BCUT2D eigenvalue weighted by Crippen LogP contribution is -2.30. The molecule has 4 rings (SSSR count). The Balaban J connectivity index is 1.90. The van der Waals surface area contributed by atoms with Gasteiger partial charge in [-0.15, -0.1) is 0 Å². The molecular formula is C27H25NO5. The van der Waals surface area contributed by atoms with Gasteiger partial charge in [-0.1, -0.05) is 30.3 Å². The monoisotopic (exact) mass is 443 g/mol. The van der Waals surface area contributed by atoms with Crippen LogP contribution in [0.15, 0.2) is 78.4 Å².